The predicted octanol–water partition coefficient (Wildman–Crippen LogP) is 1.36. The second-order valence-electron chi connectivity index (χ2n) is 6.23. The molecule has 2 aliphatic rings. The first-order valence-corrected chi connectivity index (χ1v) is 9.11. The van der Waals surface area contributed by atoms with Crippen LogP contribution in [0.2, 0.25) is 0 Å². The van der Waals surface area contributed by atoms with Gasteiger partial charge in [-0.1, -0.05) is 5.16 Å². The number of piperidine rings is 1. The summed E-state index contributed by atoms with van der Waals surface area (Å²) in [4.78, 5) is 32.9. The van der Waals surface area contributed by atoms with Crippen LogP contribution in [-0.4, -0.2) is 45.3 Å². The number of carbonyl (C=O) groups excluding carboxylic acids is 1. The fraction of sp³-hybridized carbons (Fsp3) is 0.438. The highest BCUT2D eigenvalue weighted by Gasteiger charge is 2.45. The molecule has 1 atom stereocenters. The first-order chi connectivity index (χ1) is 12.2. The number of amides is 1. The van der Waals surface area contributed by atoms with Gasteiger partial charge in [-0.25, -0.2) is 15.0 Å². The Morgan fingerprint density at radius 1 is 1.36 bits per heavy atom. The van der Waals surface area contributed by atoms with E-state index in [9.17, 15) is 4.79 Å². The largest absolute Gasteiger partial charge is 0.386 e. The summed E-state index contributed by atoms with van der Waals surface area (Å²) in [5.41, 5.74) is 2.56. The number of hydrogen-bond donors (Lipinski definition) is 1. The Hall–Kier alpha value is -2.55. The SMILES string of the molecule is O=C(NCc1cscn1)C1=NO[C@]2(CCCN(c3ncccn3)C2)C1. The zero-order valence-electron chi connectivity index (χ0n) is 13.6. The maximum Gasteiger partial charge on any atom is 0.269 e. The molecule has 4 rings (SSSR count). The van der Waals surface area contributed by atoms with Gasteiger partial charge in [-0.3, -0.25) is 4.79 Å². The average Bonchev–Trinajstić information content (AvgIpc) is 3.31. The first-order valence-electron chi connectivity index (χ1n) is 8.16. The fourth-order valence-electron chi connectivity index (χ4n) is 3.18. The smallest absolute Gasteiger partial charge is 0.269 e. The monoisotopic (exact) mass is 358 g/mol. The number of hydrogen-bond acceptors (Lipinski definition) is 8. The first kappa shape index (κ1) is 15.9. The van der Waals surface area contributed by atoms with Gasteiger partial charge in [0.15, 0.2) is 5.60 Å². The molecule has 9 heteroatoms. The molecule has 8 nitrogen and oxygen atoms in total. The molecule has 0 aliphatic carbocycles. The fourth-order valence-corrected chi connectivity index (χ4v) is 3.74. The summed E-state index contributed by atoms with van der Waals surface area (Å²) in [6, 6.07) is 1.79. The van der Waals surface area contributed by atoms with Gasteiger partial charge in [-0.05, 0) is 18.9 Å². The number of nitrogens with one attached hydrogen (secondary N) is 1. The molecule has 2 aromatic heterocycles. The number of anilines is 1. The topological polar surface area (TPSA) is 92.6 Å². The zero-order valence-corrected chi connectivity index (χ0v) is 14.4. The zero-order chi connectivity index (χ0) is 17.1. The van der Waals surface area contributed by atoms with Gasteiger partial charge in [-0.15, -0.1) is 11.3 Å². The standard InChI is InChI=1S/C16H18N6O2S/c23-14(19-8-12-9-25-11-20-12)13-7-16(24-21-13)3-1-6-22(10-16)15-17-4-2-5-18-15/h2,4-5,9,11H,1,3,6-8,10H2,(H,19,23)/t16-/m1/s1. The number of aromatic nitrogens is 3. The van der Waals surface area contributed by atoms with Gasteiger partial charge < -0.3 is 15.1 Å². The van der Waals surface area contributed by atoms with Gasteiger partial charge in [0.1, 0.15) is 5.71 Å². The van der Waals surface area contributed by atoms with E-state index in [0.717, 1.165) is 25.1 Å². The van der Waals surface area contributed by atoms with Gasteiger partial charge in [0.2, 0.25) is 5.95 Å². The van der Waals surface area contributed by atoms with Crippen molar-refractivity contribution in [2.75, 3.05) is 18.0 Å². The maximum absolute atomic E-state index is 12.3. The van der Waals surface area contributed by atoms with Crippen LogP contribution in [0.5, 0.6) is 0 Å². The molecular weight excluding hydrogens is 340 g/mol. The minimum absolute atomic E-state index is 0.196. The second kappa shape index (κ2) is 6.75. The van der Waals surface area contributed by atoms with E-state index < -0.39 is 5.60 Å². The molecule has 130 valence electrons. The van der Waals surface area contributed by atoms with Crippen molar-refractivity contribution < 1.29 is 9.63 Å². The van der Waals surface area contributed by atoms with Crippen LogP contribution in [0.4, 0.5) is 5.95 Å². The van der Waals surface area contributed by atoms with Crippen molar-refractivity contribution in [3.63, 3.8) is 0 Å². The molecule has 0 aromatic carbocycles. The van der Waals surface area contributed by atoms with Crippen LogP contribution in [0.3, 0.4) is 0 Å². The molecule has 0 saturated carbocycles. The molecule has 1 amide bonds. The minimum atomic E-state index is -0.468. The molecule has 2 aliphatic heterocycles. The van der Waals surface area contributed by atoms with Crippen molar-refractivity contribution in [3.05, 3.63) is 35.0 Å². The van der Waals surface area contributed by atoms with Gasteiger partial charge in [-0.2, -0.15) is 0 Å². The Bertz CT molecular complexity index is 766. The van der Waals surface area contributed by atoms with E-state index >= 15 is 0 Å². The number of carbonyl (C=O) groups is 1. The minimum Gasteiger partial charge on any atom is -0.386 e. The molecule has 1 saturated heterocycles. The van der Waals surface area contributed by atoms with Gasteiger partial charge in [0.25, 0.3) is 5.91 Å². The Labute approximate surface area is 148 Å². The molecule has 0 radical (unpaired) electrons. The lowest BCUT2D eigenvalue weighted by Crippen LogP contribution is -2.49. The molecule has 0 unspecified atom stereocenters. The summed E-state index contributed by atoms with van der Waals surface area (Å²) in [5, 5.41) is 8.82. The highest BCUT2D eigenvalue weighted by Crippen LogP contribution is 2.34. The summed E-state index contributed by atoms with van der Waals surface area (Å²) in [6.45, 7) is 1.90. The van der Waals surface area contributed by atoms with Crippen molar-refractivity contribution in [3.8, 4) is 0 Å². The maximum atomic E-state index is 12.3. The van der Waals surface area contributed by atoms with Crippen LogP contribution in [-0.2, 0) is 16.2 Å². The summed E-state index contributed by atoms with van der Waals surface area (Å²) in [6.07, 6.45) is 5.77. The number of nitrogens with zero attached hydrogens (tertiary/aromatic N) is 5. The highest BCUT2D eigenvalue weighted by atomic mass is 32.1. The summed E-state index contributed by atoms with van der Waals surface area (Å²) < 4.78 is 0. The third kappa shape index (κ3) is 3.46. The van der Waals surface area contributed by atoms with Crippen LogP contribution >= 0.6 is 11.3 Å². The molecule has 25 heavy (non-hydrogen) atoms. The van der Waals surface area contributed by atoms with E-state index in [2.05, 4.69) is 30.3 Å². The van der Waals surface area contributed by atoms with Crippen LogP contribution in [0, 0.1) is 0 Å². The van der Waals surface area contributed by atoms with Crippen LogP contribution in [0.1, 0.15) is 25.0 Å². The summed E-state index contributed by atoms with van der Waals surface area (Å²) >= 11 is 1.50. The number of rotatable bonds is 4. The molecule has 1 N–H and O–H groups in total. The molecule has 4 heterocycles. The Morgan fingerprint density at radius 2 is 2.24 bits per heavy atom. The van der Waals surface area contributed by atoms with Crippen LogP contribution < -0.4 is 10.2 Å². The summed E-state index contributed by atoms with van der Waals surface area (Å²) in [7, 11) is 0. The third-order valence-corrected chi connectivity index (χ3v) is 5.02. The molecule has 1 fully saturated rings. The van der Waals surface area contributed by atoms with E-state index in [1.807, 2.05) is 5.38 Å². The van der Waals surface area contributed by atoms with Crippen LogP contribution in [0.25, 0.3) is 0 Å². The normalized spacial score (nSPS) is 22.6. The van der Waals surface area contributed by atoms with Crippen molar-refractivity contribution in [1.82, 2.24) is 20.3 Å². The van der Waals surface area contributed by atoms with Gasteiger partial charge >= 0.3 is 0 Å². The van der Waals surface area contributed by atoms with Crippen LogP contribution in [0.15, 0.2) is 34.5 Å². The number of thiazole rings is 1. The van der Waals surface area contributed by atoms with Crippen molar-refractivity contribution in [2.45, 2.75) is 31.4 Å². The van der Waals surface area contributed by atoms with E-state index in [1.165, 1.54) is 11.3 Å². The van der Waals surface area contributed by atoms with E-state index in [1.54, 1.807) is 24.0 Å². The van der Waals surface area contributed by atoms with E-state index in [4.69, 9.17) is 4.84 Å². The molecule has 1 spiro atoms. The quantitative estimate of drug-likeness (QED) is 0.887. The lowest BCUT2D eigenvalue weighted by Gasteiger charge is -2.38. The third-order valence-electron chi connectivity index (χ3n) is 4.39. The molecule has 2 aromatic rings. The van der Waals surface area contributed by atoms with Crippen molar-refractivity contribution in [2.24, 2.45) is 5.16 Å². The predicted molar refractivity (Wildman–Crippen MR) is 93.3 cm³/mol. The summed E-state index contributed by atoms with van der Waals surface area (Å²) in [5.74, 6) is 0.490. The Morgan fingerprint density at radius 3 is 3.04 bits per heavy atom. The Kier molecular flexibility index (Phi) is 4.31. The van der Waals surface area contributed by atoms with E-state index in [-0.39, 0.29) is 5.91 Å². The van der Waals surface area contributed by atoms with Crippen molar-refractivity contribution in [1.29, 1.82) is 0 Å². The lowest BCUT2D eigenvalue weighted by molar-refractivity contribution is -0.115. The molecular formula is C16H18N6O2S. The van der Waals surface area contributed by atoms with Crippen molar-refractivity contribution >= 4 is 28.9 Å². The lowest BCUT2D eigenvalue weighted by atomic mass is 9.88. The average molecular weight is 358 g/mol. The number of oxime groups is 1. The Balaban J connectivity index is 1.37. The highest BCUT2D eigenvalue weighted by molar-refractivity contribution is 7.07. The van der Waals surface area contributed by atoms with Gasteiger partial charge in [0.05, 0.1) is 24.3 Å². The van der Waals surface area contributed by atoms with E-state index in [0.29, 0.717) is 31.2 Å². The second-order valence-corrected chi connectivity index (χ2v) is 6.94. The van der Waals surface area contributed by atoms with Gasteiger partial charge in [0, 0.05) is 30.7 Å². The molecule has 0 bridgehead atoms.